The lowest BCUT2D eigenvalue weighted by atomic mass is 10.00. The van der Waals surface area contributed by atoms with Crippen LogP contribution in [0.3, 0.4) is 0 Å². The Kier molecular flexibility index (Phi) is 4.14. The molecule has 0 aromatic carbocycles. The molecule has 0 spiro atoms. The maximum atomic E-state index is 12.2. The highest BCUT2D eigenvalue weighted by Crippen LogP contribution is 2.24. The summed E-state index contributed by atoms with van der Waals surface area (Å²) in [4.78, 5) is 28.0. The minimum absolute atomic E-state index is 0.152. The minimum atomic E-state index is -0.982. The zero-order valence-electron chi connectivity index (χ0n) is 12.6. The van der Waals surface area contributed by atoms with Crippen LogP contribution in [0.5, 0.6) is 5.75 Å². The molecule has 1 atom stereocenters. The molecule has 3 amide bonds. The molecule has 2 rings (SSSR count). The van der Waals surface area contributed by atoms with Gasteiger partial charge in [-0.3, -0.25) is 9.78 Å². The molecule has 0 saturated carbocycles. The van der Waals surface area contributed by atoms with Crippen molar-refractivity contribution in [2.75, 3.05) is 0 Å². The number of aliphatic hydroxyl groups excluding tert-OH is 1. The summed E-state index contributed by atoms with van der Waals surface area (Å²) in [6, 6.07) is -0.624. The number of hydrazone groups is 1. The number of aromatic nitrogens is 1. The van der Waals surface area contributed by atoms with Gasteiger partial charge in [-0.25, -0.2) is 4.79 Å². The summed E-state index contributed by atoms with van der Waals surface area (Å²) < 4.78 is 0. The molecule has 0 aliphatic carbocycles. The van der Waals surface area contributed by atoms with Crippen LogP contribution >= 0.6 is 0 Å². The number of hydrogen-bond donors (Lipinski definition) is 3. The molecular weight excluding hydrogens is 288 g/mol. The lowest BCUT2D eigenvalue weighted by molar-refractivity contribution is -0.130. The Morgan fingerprint density at radius 1 is 1.50 bits per heavy atom. The van der Waals surface area contributed by atoms with Crippen LogP contribution in [0.25, 0.3) is 0 Å². The molecule has 0 bridgehead atoms. The molecule has 1 aromatic heterocycles. The highest BCUT2D eigenvalue weighted by molar-refractivity contribution is 6.07. The van der Waals surface area contributed by atoms with Crippen molar-refractivity contribution in [2.45, 2.75) is 39.3 Å². The number of carbonyl (C=O) groups is 2. The summed E-state index contributed by atoms with van der Waals surface area (Å²) in [5.74, 6) is -0.618. The van der Waals surface area contributed by atoms with Gasteiger partial charge < -0.3 is 15.5 Å². The molecule has 1 aliphatic heterocycles. The largest absolute Gasteiger partial charge is 0.505 e. The number of aliphatic hydroxyl groups is 1. The van der Waals surface area contributed by atoms with Crippen molar-refractivity contribution < 1.29 is 19.8 Å². The van der Waals surface area contributed by atoms with Gasteiger partial charge in [0.1, 0.15) is 11.3 Å². The number of nitrogens with one attached hydrogen (secondary N) is 1. The van der Waals surface area contributed by atoms with Gasteiger partial charge >= 0.3 is 6.03 Å². The molecule has 1 aromatic rings. The van der Waals surface area contributed by atoms with Crippen LogP contribution in [0.2, 0.25) is 0 Å². The van der Waals surface area contributed by atoms with Crippen LogP contribution < -0.4 is 5.32 Å². The molecule has 8 heteroatoms. The molecule has 1 saturated heterocycles. The van der Waals surface area contributed by atoms with Crippen LogP contribution in [-0.4, -0.2) is 43.9 Å². The first-order chi connectivity index (χ1) is 10.3. The zero-order valence-corrected chi connectivity index (χ0v) is 12.6. The fraction of sp³-hybridized carbons (Fsp3) is 0.429. The number of amides is 3. The Morgan fingerprint density at radius 3 is 2.73 bits per heavy atom. The van der Waals surface area contributed by atoms with Crippen molar-refractivity contribution in [3.8, 4) is 5.75 Å². The SMILES string of the molecule is CC[C@@]1(C)NC(=O)N(N=Cc2c(CO)cnc(C)c2O)C1=O. The third-order valence-corrected chi connectivity index (χ3v) is 3.78. The predicted molar refractivity (Wildman–Crippen MR) is 78.2 cm³/mol. The van der Waals surface area contributed by atoms with Crippen molar-refractivity contribution in [1.82, 2.24) is 15.3 Å². The number of hydrogen-bond acceptors (Lipinski definition) is 6. The molecule has 1 aliphatic rings. The van der Waals surface area contributed by atoms with Gasteiger partial charge in [0.25, 0.3) is 5.91 Å². The van der Waals surface area contributed by atoms with Gasteiger partial charge in [0.15, 0.2) is 0 Å². The quantitative estimate of drug-likeness (QED) is 0.558. The van der Waals surface area contributed by atoms with E-state index in [2.05, 4.69) is 15.4 Å². The molecular formula is C14H18N4O4. The standard InChI is InChI=1S/C14H18N4O4/c1-4-14(3)12(21)18(13(22)17-14)16-6-10-9(7-19)5-15-8(2)11(10)20/h5-6,19-20H,4,7H2,1-3H3,(H,17,22)/t14-/m1/s1. The van der Waals surface area contributed by atoms with E-state index in [9.17, 15) is 19.8 Å². The Hall–Kier alpha value is -2.48. The molecule has 8 nitrogen and oxygen atoms in total. The van der Waals surface area contributed by atoms with Crippen molar-refractivity contribution in [3.63, 3.8) is 0 Å². The second-order valence-corrected chi connectivity index (χ2v) is 5.27. The first-order valence-corrected chi connectivity index (χ1v) is 6.83. The number of rotatable bonds is 4. The molecule has 0 unspecified atom stereocenters. The number of nitrogens with zero attached hydrogens (tertiary/aromatic N) is 3. The van der Waals surface area contributed by atoms with Crippen molar-refractivity contribution in [1.29, 1.82) is 0 Å². The first-order valence-electron chi connectivity index (χ1n) is 6.83. The highest BCUT2D eigenvalue weighted by Gasteiger charge is 2.46. The van der Waals surface area contributed by atoms with Gasteiger partial charge in [0.2, 0.25) is 0 Å². The van der Waals surface area contributed by atoms with Crippen molar-refractivity contribution in [2.24, 2.45) is 5.10 Å². The van der Waals surface area contributed by atoms with Gasteiger partial charge in [0.05, 0.1) is 18.5 Å². The lowest BCUT2D eigenvalue weighted by Gasteiger charge is -2.17. The van der Waals surface area contributed by atoms with Crippen LogP contribution in [0.1, 0.15) is 37.1 Å². The summed E-state index contributed by atoms with van der Waals surface area (Å²) in [6.07, 6.45) is 3.01. The maximum absolute atomic E-state index is 12.2. The average molecular weight is 306 g/mol. The summed E-state index contributed by atoms with van der Waals surface area (Å²) in [5, 5.41) is 26.4. The molecule has 2 heterocycles. The Morgan fingerprint density at radius 2 is 2.18 bits per heavy atom. The number of aromatic hydroxyl groups is 1. The van der Waals surface area contributed by atoms with Gasteiger partial charge in [-0.2, -0.15) is 5.10 Å². The topological polar surface area (TPSA) is 115 Å². The van der Waals surface area contributed by atoms with Gasteiger partial charge in [-0.15, -0.1) is 5.01 Å². The van der Waals surface area contributed by atoms with E-state index in [-0.39, 0.29) is 17.9 Å². The van der Waals surface area contributed by atoms with E-state index in [4.69, 9.17) is 0 Å². The molecule has 3 N–H and O–H groups in total. The van der Waals surface area contributed by atoms with Crippen LogP contribution in [-0.2, 0) is 11.4 Å². The zero-order chi connectivity index (χ0) is 16.5. The Labute approximate surface area is 127 Å². The van der Waals surface area contributed by atoms with E-state index in [1.165, 1.54) is 12.4 Å². The van der Waals surface area contributed by atoms with Gasteiger partial charge in [0, 0.05) is 17.3 Å². The second kappa shape index (κ2) is 5.72. The minimum Gasteiger partial charge on any atom is -0.505 e. The summed E-state index contributed by atoms with van der Waals surface area (Å²) in [6.45, 7) is 4.65. The van der Waals surface area contributed by atoms with Gasteiger partial charge in [-0.05, 0) is 20.3 Å². The van der Waals surface area contributed by atoms with Crippen molar-refractivity contribution in [3.05, 3.63) is 23.0 Å². The number of urea groups is 1. The van der Waals surface area contributed by atoms with E-state index in [1.807, 2.05) is 0 Å². The van der Waals surface area contributed by atoms with E-state index >= 15 is 0 Å². The molecule has 1 fully saturated rings. The summed E-state index contributed by atoms with van der Waals surface area (Å²) >= 11 is 0. The third-order valence-electron chi connectivity index (χ3n) is 3.78. The predicted octanol–water partition coefficient (Wildman–Crippen LogP) is 0.642. The first kappa shape index (κ1) is 15.9. The number of pyridine rings is 1. The Bertz CT molecular complexity index is 658. The fourth-order valence-electron chi connectivity index (χ4n) is 2.05. The highest BCUT2D eigenvalue weighted by atomic mass is 16.3. The van der Waals surface area contributed by atoms with E-state index in [0.29, 0.717) is 17.7 Å². The number of carbonyl (C=O) groups excluding carboxylic acids is 2. The number of aryl methyl sites for hydroxylation is 1. The molecule has 0 radical (unpaired) electrons. The van der Waals surface area contributed by atoms with E-state index < -0.39 is 17.5 Å². The third kappa shape index (κ3) is 2.52. The monoisotopic (exact) mass is 306 g/mol. The van der Waals surface area contributed by atoms with Gasteiger partial charge in [-0.1, -0.05) is 6.92 Å². The van der Waals surface area contributed by atoms with Crippen molar-refractivity contribution >= 4 is 18.2 Å². The van der Waals surface area contributed by atoms with E-state index in [0.717, 1.165) is 5.01 Å². The average Bonchev–Trinajstić information content (AvgIpc) is 2.71. The van der Waals surface area contributed by atoms with Crippen LogP contribution in [0, 0.1) is 6.92 Å². The van der Waals surface area contributed by atoms with Crippen LogP contribution in [0.4, 0.5) is 4.79 Å². The van der Waals surface area contributed by atoms with E-state index in [1.54, 1.807) is 20.8 Å². The lowest BCUT2D eigenvalue weighted by Crippen LogP contribution is -2.42. The molecule has 22 heavy (non-hydrogen) atoms. The number of imide groups is 1. The fourth-order valence-corrected chi connectivity index (χ4v) is 2.05. The summed E-state index contributed by atoms with van der Waals surface area (Å²) in [7, 11) is 0. The van der Waals surface area contributed by atoms with Crippen LogP contribution in [0.15, 0.2) is 11.3 Å². The normalized spacial score (nSPS) is 21.7. The maximum Gasteiger partial charge on any atom is 0.346 e. The smallest absolute Gasteiger partial charge is 0.346 e. The summed E-state index contributed by atoms with van der Waals surface area (Å²) in [5.41, 5.74) is -0.0585. The molecule has 118 valence electrons. The second-order valence-electron chi connectivity index (χ2n) is 5.27. The Balaban J connectivity index is 2.36.